The first-order valence-electron chi connectivity index (χ1n) is 12.1. The first-order valence-corrected chi connectivity index (χ1v) is 13.0. The standard InChI is InChI=1S/C23H42N6S/c1-3-22-27-21(19-30-22)18-29-15-9-20(10-16-29)17-26-23(24-2)25-11-8-14-28-12-6-4-5-7-13-28/h19-20H,3-18H2,1-2H3,(H2,24,25,26). The first kappa shape index (κ1) is 23.5. The third kappa shape index (κ3) is 8.16. The monoisotopic (exact) mass is 434 g/mol. The molecule has 2 aliphatic rings. The number of rotatable bonds is 9. The van der Waals surface area contributed by atoms with Crippen LogP contribution in [0, 0.1) is 5.92 Å². The first-order chi connectivity index (χ1) is 14.8. The Bertz CT molecular complexity index is 615. The van der Waals surface area contributed by atoms with Crippen molar-refractivity contribution in [1.82, 2.24) is 25.4 Å². The largest absolute Gasteiger partial charge is 0.356 e. The van der Waals surface area contributed by atoms with Crippen LogP contribution in [0.2, 0.25) is 0 Å². The van der Waals surface area contributed by atoms with Crippen molar-refractivity contribution in [2.75, 3.05) is 52.9 Å². The van der Waals surface area contributed by atoms with Crippen molar-refractivity contribution in [3.8, 4) is 0 Å². The minimum absolute atomic E-state index is 0.735. The molecule has 0 atom stereocenters. The SMILES string of the molecule is CCc1nc(CN2CCC(CNC(=NC)NCCCN3CCCCCC3)CC2)cs1. The molecule has 2 fully saturated rings. The number of aliphatic imine (C=N–C) groups is 1. The van der Waals surface area contributed by atoms with E-state index in [1.165, 1.54) is 88.4 Å². The fourth-order valence-corrected chi connectivity index (χ4v) is 5.23. The molecule has 7 heteroatoms. The quantitative estimate of drug-likeness (QED) is 0.355. The highest BCUT2D eigenvalue weighted by molar-refractivity contribution is 7.09. The van der Waals surface area contributed by atoms with E-state index in [1.807, 2.05) is 7.05 Å². The third-order valence-electron chi connectivity index (χ3n) is 6.42. The van der Waals surface area contributed by atoms with Crippen LogP contribution in [0.15, 0.2) is 10.4 Å². The molecule has 0 aromatic carbocycles. The van der Waals surface area contributed by atoms with Gasteiger partial charge in [-0.25, -0.2) is 4.98 Å². The topological polar surface area (TPSA) is 55.8 Å². The summed E-state index contributed by atoms with van der Waals surface area (Å²) in [7, 11) is 1.88. The molecule has 3 heterocycles. The Morgan fingerprint density at radius 2 is 1.87 bits per heavy atom. The van der Waals surface area contributed by atoms with Crippen molar-refractivity contribution in [3.63, 3.8) is 0 Å². The summed E-state index contributed by atoms with van der Waals surface area (Å²) >= 11 is 1.80. The molecule has 0 aliphatic carbocycles. The minimum atomic E-state index is 0.735. The van der Waals surface area contributed by atoms with Gasteiger partial charge in [-0.2, -0.15) is 0 Å². The summed E-state index contributed by atoms with van der Waals surface area (Å²) in [5.41, 5.74) is 1.25. The van der Waals surface area contributed by atoms with Crippen LogP contribution < -0.4 is 10.6 Å². The van der Waals surface area contributed by atoms with E-state index in [1.54, 1.807) is 11.3 Å². The number of nitrogens with zero attached hydrogens (tertiary/aromatic N) is 4. The van der Waals surface area contributed by atoms with Gasteiger partial charge in [-0.3, -0.25) is 9.89 Å². The predicted molar refractivity (Wildman–Crippen MR) is 128 cm³/mol. The highest BCUT2D eigenvalue weighted by atomic mass is 32.1. The fourth-order valence-electron chi connectivity index (χ4n) is 4.49. The van der Waals surface area contributed by atoms with Gasteiger partial charge in [0.25, 0.3) is 0 Å². The number of aromatic nitrogens is 1. The molecule has 3 rings (SSSR count). The van der Waals surface area contributed by atoms with Crippen LogP contribution in [-0.2, 0) is 13.0 Å². The lowest BCUT2D eigenvalue weighted by Crippen LogP contribution is -2.43. The van der Waals surface area contributed by atoms with Gasteiger partial charge >= 0.3 is 0 Å². The lowest BCUT2D eigenvalue weighted by atomic mass is 9.97. The Morgan fingerprint density at radius 1 is 1.10 bits per heavy atom. The maximum atomic E-state index is 4.72. The molecule has 170 valence electrons. The molecular formula is C23H42N6S. The predicted octanol–water partition coefficient (Wildman–Crippen LogP) is 3.35. The molecule has 0 amide bonds. The van der Waals surface area contributed by atoms with E-state index in [4.69, 9.17) is 4.98 Å². The summed E-state index contributed by atoms with van der Waals surface area (Å²) in [4.78, 5) is 14.3. The molecule has 2 N–H and O–H groups in total. The number of guanidine groups is 1. The van der Waals surface area contributed by atoms with Gasteiger partial charge in [0, 0.05) is 32.1 Å². The van der Waals surface area contributed by atoms with E-state index in [2.05, 4.69) is 37.7 Å². The van der Waals surface area contributed by atoms with Crippen LogP contribution in [0.1, 0.15) is 62.6 Å². The van der Waals surface area contributed by atoms with Crippen LogP contribution >= 0.6 is 11.3 Å². The molecular weight excluding hydrogens is 392 g/mol. The zero-order valence-corrected chi connectivity index (χ0v) is 20.0. The Morgan fingerprint density at radius 3 is 2.53 bits per heavy atom. The average Bonchev–Trinajstić information content (AvgIpc) is 3.07. The fraction of sp³-hybridized carbons (Fsp3) is 0.826. The summed E-state index contributed by atoms with van der Waals surface area (Å²) in [5, 5.41) is 10.6. The summed E-state index contributed by atoms with van der Waals surface area (Å²) in [6.45, 7) is 11.3. The molecule has 1 aromatic rings. The molecule has 6 nitrogen and oxygen atoms in total. The van der Waals surface area contributed by atoms with Gasteiger partial charge in [0.2, 0.25) is 0 Å². The van der Waals surface area contributed by atoms with E-state index in [-0.39, 0.29) is 0 Å². The zero-order chi connectivity index (χ0) is 21.0. The number of piperidine rings is 1. The second kappa shape index (κ2) is 13.3. The van der Waals surface area contributed by atoms with Gasteiger partial charge in [0.1, 0.15) is 0 Å². The van der Waals surface area contributed by atoms with E-state index in [0.717, 1.165) is 37.9 Å². The average molecular weight is 435 g/mol. The highest BCUT2D eigenvalue weighted by Gasteiger charge is 2.20. The second-order valence-corrected chi connectivity index (χ2v) is 9.74. The van der Waals surface area contributed by atoms with Crippen LogP contribution in [0.25, 0.3) is 0 Å². The Balaban J connectivity index is 1.26. The van der Waals surface area contributed by atoms with E-state index in [0.29, 0.717) is 0 Å². The summed E-state index contributed by atoms with van der Waals surface area (Å²) in [6.07, 6.45) is 10.3. The lowest BCUT2D eigenvalue weighted by molar-refractivity contribution is 0.176. The number of hydrogen-bond donors (Lipinski definition) is 2. The van der Waals surface area contributed by atoms with Crippen LogP contribution in [0.4, 0.5) is 0 Å². The van der Waals surface area contributed by atoms with E-state index < -0.39 is 0 Å². The molecule has 2 saturated heterocycles. The van der Waals surface area contributed by atoms with Crippen molar-refractivity contribution in [2.45, 2.75) is 64.8 Å². The molecule has 2 aliphatic heterocycles. The molecule has 0 bridgehead atoms. The molecule has 0 unspecified atom stereocenters. The number of aryl methyl sites for hydroxylation is 1. The number of nitrogens with one attached hydrogen (secondary N) is 2. The minimum Gasteiger partial charge on any atom is -0.356 e. The van der Waals surface area contributed by atoms with Gasteiger partial charge in [-0.1, -0.05) is 19.8 Å². The Kier molecular flexibility index (Phi) is 10.4. The van der Waals surface area contributed by atoms with Gasteiger partial charge in [0.15, 0.2) is 5.96 Å². The molecule has 1 aromatic heterocycles. The van der Waals surface area contributed by atoms with Crippen molar-refractivity contribution < 1.29 is 0 Å². The summed E-state index contributed by atoms with van der Waals surface area (Å²) in [6, 6.07) is 0. The number of likely N-dealkylation sites (tertiary alicyclic amines) is 2. The van der Waals surface area contributed by atoms with Gasteiger partial charge in [0.05, 0.1) is 10.7 Å². The van der Waals surface area contributed by atoms with Crippen LogP contribution in [-0.4, -0.2) is 73.6 Å². The maximum Gasteiger partial charge on any atom is 0.190 e. The molecule has 0 saturated carbocycles. The summed E-state index contributed by atoms with van der Waals surface area (Å²) in [5.74, 6) is 1.70. The second-order valence-electron chi connectivity index (χ2n) is 8.79. The van der Waals surface area contributed by atoms with Gasteiger partial charge < -0.3 is 15.5 Å². The Hall–Kier alpha value is -1.18. The normalized spacial score (nSPS) is 20.3. The maximum absolute atomic E-state index is 4.72. The molecule has 30 heavy (non-hydrogen) atoms. The van der Waals surface area contributed by atoms with Crippen molar-refractivity contribution in [1.29, 1.82) is 0 Å². The smallest absolute Gasteiger partial charge is 0.190 e. The third-order valence-corrected chi connectivity index (χ3v) is 7.46. The van der Waals surface area contributed by atoms with Crippen molar-refractivity contribution >= 4 is 17.3 Å². The highest BCUT2D eigenvalue weighted by Crippen LogP contribution is 2.19. The van der Waals surface area contributed by atoms with E-state index >= 15 is 0 Å². The lowest BCUT2D eigenvalue weighted by Gasteiger charge is -2.31. The zero-order valence-electron chi connectivity index (χ0n) is 19.2. The molecule has 0 radical (unpaired) electrons. The van der Waals surface area contributed by atoms with E-state index in [9.17, 15) is 0 Å². The van der Waals surface area contributed by atoms with Crippen LogP contribution in [0.5, 0.6) is 0 Å². The van der Waals surface area contributed by atoms with Gasteiger partial charge in [-0.05, 0) is 77.2 Å². The number of hydrogen-bond acceptors (Lipinski definition) is 5. The summed E-state index contributed by atoms with van der Waals surface area (Å²) < 4.78 is 0. The van der Waals surface area contributed by atoms with Crippen LogP contribution in [0.3, 0.4) is 0 Å². The molecule has 0 spiro atoms. The van der Waals surface area contributed by atoms with Crippen molar-refractivity contribution in [3.05, 3.63) is 16.1 Å². The number of thiazole rings is 1. The van der Waals surface area contributed by atoms with Crippen molar-refractivity contribution in [2.24, 2.45) is 10.9 Å². The Labute approximate surface area is 187 Å². The van der Waals surface area contributed by atoms with Gasteiger partial charge in [-0.15, -0.1) is 11.3 Å².